The Labute approximate surface area is 92.3 Å². The van der Waals surface area contributed by atoms with E-state index >= 15 is 0 Å². The van der Waals surface area contributed by atoms with Gasteiger partial charge in [0.25, 0.3) is 0 Å². The Hall–Kier alpha value is -0.730. The van der Waals surface area contributed by atoms with Crippen LogP contribution < -0.4 is 0 Å². The van der Waals surface area contributed by atoms with Gasteiger partial charge >= 0.3 is 0 Å². The molecule has 0 aromatic carbocycles. The normalized spacial score (nSPS) is 13.1. The Morgan fingerprint density at radius 1 is 1.29 bits per heavy atom. The summed E-state index contributed by atoms with van der Waals surface area (Å²) in [5, 5.41) is -0.149. The quantitative estimate of drug-likeness (QED) is 0.697. The van der Waals surface area contributed by atoms with Crippen LogP contribution in [0.2, 0.25) is 0 Å². The molecular weight excluding hydrogens is 216 g/mol. The van der Waals surface area contributed by atoms with Crippen LogP contribution in [0.15, 0.2) is 28.9 Å². The van der Waals surface area contributed by atoms with E-state index in [0.29, 0.717) is 0 Å². The lowest BCUT2D eigenvalue weighted by atomic mass is 10.2. The molecule has 0 amide bonds. The molecular formula is C11H11ClOS. The van der Waals surface area contributed by atoms with Crippen LogP contribution in [0.4, 0.5) is 0 Å². The van der Waals surface area contributed by atoms with Gasteiger partial charge in [-0.05, 0) is 37.6 Å². The number of aryl methyl sites for hydroxylation is 2. The molecule has 0 fully saturated rings. The third-order valence-corrected chi connectivity index (χ3v) is 3.77. The summed E-state index contributed by atoms with van der Waals surface area (Å²) in [5.74, 6) is 0.855. The maximum absolute atomic E-state index is 6.31. The number of alkyl halides is 1. The van der Waals surface area contributed by atoms with Crippen molar-refractivity contribution >= 4 is 22.9 Å². The summed E-state index contributed by atoms with van der Waals surface area (Å²) in [4.78, 5) is 2.41. The maximum Gasteiger partial charge on any atom is 0.129 e. The molecule has 1 nitrogen and oxygen atoms in total. The predicted molar refractivity (Wildman–Crippen MR) is 60.2 cm³/mol. The average Bonchev–Trinajstić information content (AvgIpc) is 2.73. The summed E-state index contributed by atoms with van der Waals surface area (Å²) >= 11 is 8.02. The van der Waals surface area contributed by atoms with Gasteiger partial charge in [0, 0.05) is 9.75 Å². The first-order valence-electron chi connectivity index (χ1n) is 4.43. The molecule has 0 bridgehead atoms. The van der Waals surface area contributed by atoms with E-state index in [-0.39, 0.29) is 5.38 Å². The van der Waals surface area contributed by atoms with E-state index < -0.39 is 0 Å². The molecule has 1 unspecified atom stereocenters. The standard InChI is InChI=1S/C11H11ClOS/c1-7-5-6-13-11(7)10(12)9-4-3-8(2)14-9/h3-6,10H,1-2H3. The van der Waals surface area contributed by atoms with Crippen LogP contribution in [0.3, 0.4) is 0 Å². The van der Waals surface area contributed by atoms with E-state index in [2.05, 4.69) is 19.1 Å². The fraction of sp³-hybridized carbons (Fsp3) is 0.273. The van der Waals surface area contributed by atoms with Gasteiger partial charge < -0.3 is 4.42 Å². The summed E-state index contributed by atoms with van der Waals surface area (Å²) in [5.41, 5.74) is 1.11. The van der Waals surface area contributed by atoms with Crippen molar-refractivity contribution in [3.63, 3.8) is 0 Å². The molecule has 2 rings (SSSR count). The lowest BCUT2D eigenvalue weighted by molar-refractivity contribution is 0.515. The number of rotatable bonds is 2. The van der Waals surface area contributed by atoms with Crippen LogP contribution in [0, 0.1) is 13.8 Å². The second kappa shape index (κ2) is 3.79. The van der Waals surface area contributed by atoms with Crippen molar-refractivity contribution in [1.29, 1.82) is 0 Å². The Balaban J connectivity index is 2.33. The molecule has 0 saturated carbocycles. The monoisotopic (exact) mass is 226 g/mol. The summed E-state index contributed by atoms with van der Waals surface area (Å²) in [6.07, 6.45) is 1.68. The van der Waals surface area contributed by atoms with Crippen LogP contribution in [0.5, 0.6) is 0 Å². The fourth-order valence-corrected chi connectivity index (χ4v) is 2.65. The van der Waals surface area contributed by atoms with E-state index in [1.54, 1.807) is 17.6 Å². The summed E-state index contributed by atoms with van der Waals surface area (Å²) in [6, 6.07) is 6.07. The third kappa shape index (κ3) is 1.72. The minimum absolute atomic E-state index is 0.149. The van der Waals surface area contributed by atoms with Gasteiger partial charge in [-0.15, -0.1) is 22.9 Å². The van der Waals surface area contributed by atoms with E-state index in [1.165, 1.54) is 4.88 Å². The zero-order chi connectivity index (χ0) is 10.1. The lowest BCUT2D eigenvalue weighted by Gasteiger charge is -2.04. The molecule has 0 aliphatic carbocycles. The van der Waals surface area contributed by atoms with Crippen LogP contribution in [0.25, 0.3) is 0 Å². The minimum Gasteiger partial charge on any atom is -0.467 e. The van der Waals surface area contributed by atoms with Crippen molar-refractivity contribution in [2.24, 2.45) is 0 Å². The Bertz CT molecular complexity index is 430. The van der Waals surface area contributed by atoms with Crippen molar-refractivity contribution in [2.45, 2.75) is 19.2 Å². The van der Waals surface area contributed by atoms with E-state index in [1.807, 2.05) is 13.0 Å². The molecule has 1 atom stereocenters. The zero-order valence-corrected chi connectivity index (χ0v) is 9.65. The molecule has 2 heterocycles. The largest absolute Gasteiger partial charge is 0.467 e. The number of hydrogen-bond donors (Lipinski definition) is 0. The fourth-order valence-electron chi connectivity index (χ4n) is 1.36. The second-order valence-corrected chi connectivity index (χ2v) is 5.03. The highest BCUT2D eigenvalue weighted by Gasteiger charge is 2.17. The van der Waals surface area contributed by atoms with Gasteiger partial charge in [0.2, 0.25) is 0 Å². The number of furan rings is 1. The van der Waals surface area contributed by atoms with E-state index in [4.69, 9.17) is 16.0 Å². The molecule has 0 spiro atoms. The molecule has 3 heteroatoms. The van der Waals surface area contributed by atoms with Crippen molar-refractivity contribution in [3.05, 3.63) is 45.5 Å². The molecule has 2 aromatic heterocycles. The lowest BCUT2D eigenvalue weighted by Crippen LogP contribution is -1.89. The van der Waals surface area contributed by atoms with Gasteiger partial charge in [-0.3, -0.25) is 0 Å². The second-order valence-electron chi connectivity index (χ2n) is 3.28. The van der Waals surface area contributed by atoms with Gasteiger partial charge in [-0.2, -0.15) is 0 Å². The van der Waals surface area contributed by atoms with Gasteiger partial charge in [-0.25, -0.2) is 0 Å². The molecule has 0 saturated heterocycles. The van der Waals surface area contributed by atoms with Crippen molar-refractivity contribution in [3.8, 4) is 0 Å². The van der Waals surface area contributed by atoms with Crippen LogP contribution >= 0.6 is 22.9 Å². The maximum atomic E-state index is 6.31. The smallest absolute Gasteiger partial charge is 0.129 e. The first-order chi connectivity index (χ1) is 6.68. The molecule has 0 aliphatic rings. The number of thiophene rings is 1. The molecule has 74 valence electrons. The molecule has 0 aliphatic heterocycles. The van der Waals surface area contributed by atoms with Crippen LogP contribution in [0.1, 0.15) is 26.5 Å². The molecule has 2 aromatic rings. The Kier molecular flexibility index (Phi) is 2.66. The Morgan fingerprint density at radius 3 is 2.57 bits per heavy atom. The summed E-state index contributed by atoms with van der Waals surface area (Å²) in [7, 11) is 0. The van der Waals surface area contributed by atoms with Crippen LogP contribution in [-0.2, 0) is 0 Å². The number of halogens is 1. The van der Waals surface area contributed by atoms with E-state index in [9.17, 15) is 0 Å². The highest BCUT2D eigenvalue weighted by Crippen LogP contribution is 2.35. The van der Waals surface area contributed by atoms with Crippen LogP contribution in [-0.4, -0.2) is 0 Å². The molecule has 0 N–H and O–H groups in total. The first kappa shape index (κ1) is 9.81. The first-order valence-corrected chi connectivity index (χ1v) is 5.68. The third-order valence-electron chi connectivity index (χ3n) is 2.14. The average molecular weight is 227 g/mol. The van der Waals surface area contributed by atoms with Crippen molar-refractivity contribution < 1.29 is 4.42 Å². The van der Waals surface area contributed by atoms with Gasteiger partial charge in [0.05, 0.1) is 6.26 Å². The highest BCUT2D eigenvalue weighted by atomic mass is 35.5. The molecule has 0 radical (unpaired) electrons. The SMILES string of the molecule is Cc1ccc(C(Cl)c2occc2C)s1. The van der Waals surface area contributed by atoms with Gasteiger partial charge in [-0.1, -0.05) is 0 Å². The van der Waals surface area contributed by atoms with E-state index in [0.717, 1.165) is 16.2 Å². The number of hydrogen-bond acceptors (Lipinski definition) is 2. The summed E-state index contributed by atoms with van der Waals surface area (Å²) in [6.45, 7) is 4.08. The van der Waals surface area contributed by atoms with Gasteiger partial charge in [0.1, 0.15) is 11.1 Å². The topological polar surface area (TPSA) is 13.1 Å². The highest BCUT2D eigenvalue weighted by molar-refractivity contribution is 7.12. The minimum atomic E-state index is -0.149. The van der Waals surface area contributed by atoms with Crippen molar-refractivity contribution in [1.82, 2.24) is 0 Å². The molecule has 14 heavy (non-hydrogen) atoms. The Morgan fingerprint density at radius 2 is 2.07 bits per heavy atom. The van der Waals surface area contributed by atoms with Crippen molar-refractivity contribution in [2.75, 3.05) is 0 Å². The summed E-state index contributed by atoms with van der Waals surface area (Å²) < 4.78 is 5.36. The van der Waals surface area contributed by atoms with Gasteiger partial charge in [0.15, 0.2) is 0 Å². The zero-order valence-electron chi connectivity index (χ0n) is 8.08. The predicted octanol–water partition coefficient (Wildman–Crippen LogP) is 4.29.